The molecule has 3 aliphatic heterocycles. The van der Waals surface area contributed by atoms with Gasteiger partial charge >= 0.3 is 6.03 Å². The maximum absolute atomic E-state index is 15.3. The van der Waals surface area contributed by atoms with Gasteiger partial charge in [0.1, 0.15) is 18.0 Å². The van der Waals surface area contributed by atoms with Crippen molar-refractivity contribution in [2.45, 2.75) is 57.2 Å². The third-order valence-electron chi connectivity index (χ3n) is 7.68. The molecule has 218 valence electrons. The van der Waals surface area contributed by atoms with Crippen molar-refractivity contribution in [1.82, 2.24) is 35.8 Å². The normalized spacial score (nSPS) is 22.6. The summed E-state index contributed by atoms with van der Waals surface area (Å²) in [5.41, 5.74) is 5.68. The summed E-state index contributed by atoms with van der Waals surface area (Å²) < 4.78 is 35.9. The second-order valence-corrected chi connectivity index (χ2v) is 11.5. The van der Waals surface area contributed by atoms with Gasteiger partial charge in [-0.3, -0.25) is 4.90 Å². The van der Waals surface area contributed by atoms with E-state index in [0.29, 0.717) is 12.6 Å². The number of nitrogens with one attached hydrogen (secondary N) is 4. The van der Waals surface area contributed by atoms with Crippen molar-refractivity contribution in [1.29, 1.82) is 0 Å². The third-order valence-corrected chi connectivity index (χ3v) is 7.68. The average Bonchev–Trinajstić information content (AvgIpc) is 3.49. The van der Waals surface area contributed by atoms with Crippen LogP contribution in [-0.2, 0) is 0 Å². The van der Waals surface area contributed by atoms with E-state index in [-0.39, 0.29) is 47.1 Å². The SMILES string of the molecule is CN(C)CCOc1cc(F)c(Nc2ncc(F)c(N[C@@H]3C[C@@H]4CCCN4C(C)(C)C3)n2)cc1N1NNN(C)C1=O. The van der Waals surface area contributed by atoms with Gasteiger partial charge in [0.05, 0.1) is 11.9 Å². The summed E-state index contributed by atoms with van der Waals surface area (Å²) in [4.78, 5) is 25.5. The Bertz CT molecular complexity index is 1250. The van der Waals surface area contributed by atoms with Crippen LogP contribution in [-0.4, -0.2) is 89.3 Å². The van der Waals surface area contributed by atoms with Gasteiger partial charge in [0.2, 0.25) is 5.95 Å². The maximum Gasteiger partial charge on any atom is 0.355 e. The zero-order valence-electron chi connectivity index (χ0n) is 23.6. The molecule has 40 heavy (non-hydrogen) atoms. The fourth-order valence-corrected chi connectivity index (χ4v) is 5.76. The summed E-state index contributed by atoms with van der Waals surface area (Å²) in [5, 5.41) is 8.56. The molecule has 4 N–H and O–H groups in total. The number of carbonyl (C=O) groups excluding carboxylic acids is 1. The molecule has 0 unspecified atom stereocenters. The maximum atomic E-state index is 15.3. The Labute approximate surface area is 233 Å². The van der Waals surface area contributed by atoms with Crippen LogP contribution < -0.4 is 31.4 Å². The molecule has 4 heterocycles. The highest BCUT2D eigenvalue weighted by atomic mass is 19.1. The lowest BCUT2D eigenvalue weighted by atomic mass is 9.84. The minimum atomic E-state index is -0.644. The molecule has 3 fully saturated rings. The summed E-state index contributed by atoms with van der Waals surface area (Å²) in [6, 6.07) is 2.71. The van der Waals surface area contributed by atoms with Gasteiger partial charge in [-0.1, -0.05) is 0 Å². The molecule has 5 rings (SSSR count). The summed E-state index contributed by atoms with van der Waals surface area (Å²) >= 11 is 0. The molecular weight excluding hydrogens is 522 g/mol. The molecule has 1 aromatic carbocycles. The number of hydrogen-bond donors (Lipinski definition) is 4. The van der Waals surface area contributed by atoms with Gasteiger partial charge in [0.25, 0.3) is 0 Å². The van der Waals surface area contributed by atoms with Crippen molar-refractivity contribution < 1.29 is 18.3 Å². The fraction of sp³-hybridized carbons (Fsp3) is 0.577. The van der Waals surface area contributed by atoms with Crippen LogP contribution in [0.15, 0.2) is 18.3 Å². The molecule has 0 radical (unpaired) electrons. The van der Waals surface area contributed by atoms with E-state index < -0.39 is 17.7 Å². The molecule has 1 aromatic heterocycles. The first-order valence-electron chi connectivity index (χ1n) is 13.5. The van der Waals surface area contributed by atoms with Gasteiger partial charge in [-0.05, 0) is 66.2 Å². The van der Waals surface area contributed by atoms with Crippen molar-refractivity contribution in [3.05, 3.63) is 30.0 Å². The monoisotopic (exact) mass is 560 g/mol. The van der Waals surface area contributed by atoms with Crippen LogP contribution in [0.5, 0.6) is 5.75 Å². The minimum absolute atomic E-state index is 0.00152. The van der Waals surface area contributed by atoms with Gasteiger partial charge in [-0.25, -0.2) is 28.6 Å². The first-order valence-corrected chi connectivity index (χ1v) is 13.5. The Morgan fingerprint density at radius 2 is 2.02 bits per heavy atom. The smallest absolute Gasteiger partial charge is 0.355 e. The number of benzene rings is 1. The quantitative estimate of drug-likeness (QED) is 0.365. The molecular formula is C26H38F2N10O2. The van der Waals surface area contributed by atoms with Crippen LogP contribution in [0.3, 0.4) is 0 Å². The first-order chi connectivity index (χ1) is 19.0. The van der Waals surface area contributed by atoms with E-state index in [1.807, 2.05) is 19.0 Å². The van der Waals surface area contributed by atoms with Crippen LogP contribution >= 0.6 is 0 Å². The lowest BCUT2D eigenvalue weighted by Gasteiger charge is -2.47. The van der Waals surface area contributed by atoms with E-state index >= 15 is 4.39 Å². The number of nitrogens with zero attached hydrogens (tertiary/aromatic N) is 6. The highest BCUT2D eigenvalue weighted by Gasteiger charge is 2.43. The molecule has 3 aliphatic rings. The van der Waals surface area contributed by atoms with Crippen molar-refractivity contribution >= 4 is 29.2 Å². The average molecular weight is 561 g/mol. The summed E-state index contributed by atoms with van der Waals surface area (Å²) in [5.74, 6) is -0.968. The molecule has 0 bridgehead atoms. The Morgan fingerprint density at radius 1 is 1.23 bits per heavy atom. The first kappa shape index (κ1) is 28.2. The van der Waals surface area contributed by atoms with Gasteiger partial charge in [0, 0.05) is 37.3 Å². The fourth-order valence-electron chi connectivity index (χ4n) is 5.76. The van der Waals surface area contributed by atoms with E-state index in [1.165, 1.54) is 28.6 Å². The number of likely N-dealkylation sites (N-methyl/N-ethyl adjacent to an activating group) is 1. The van der Waals surface area contributed by atoms with E-state index in [4.69, 9.17) is 4.74 Å². The summed E-state index contributed by atoms with van der Waals surface area (Å²) in [6.45, 7) is 6.42. The number of hydrazine groups is 3. The molecule has 0 aliphatic carbocycles. The van der Waals surface area contributed by atoms with Crippen LogP contribution in [0, 0.1) is 11.6 Å². The predicted molar refractivity (Wildman–Crippen MR) is 148 cm³/mol. The van der Waals surface area contributed by atoms with Crippen LogP contribution in [0.4, 0.5) is 36.7 Å². The van der Waals surface area contributed by atoms with E-state index in [2.05, 4.69) is 50.4 Å². The van der Waals surface area contributed by atoms with Crippen molar-refractivity contribution in [3.8, 4) is 5.75 Å². The van der Waals surface area contributed by atoms with Crippen molar-refractivity contribution in [2.24, 2.45) is 0 Å². The van der Waals surface area contributed by atoms with Gasteiger partial charge < -0.3 is 20.3 Å². The third kappa shape index (κ3) is 5.89. The molecule has 12 nitrogen and oxygen atoms in total. The second-order valence-electron chi connectivity index (χ2n) is 11.5. The number of fused-ring (bicyclic) bond motifs is 1. The number of amides is 2. The number of halogens is 2. The molecule has 2 aromatic rings. The number of ether oxygens (including phenoxy) is 1. The highest BCUT2D eigenvalue weighted by Crippen LogP contribution is 2.39. The second kappa shape index (κ2) is 11.3. The Hall–Kier alpha value is -3.33. The van der Waals surface area contributed by atoms with Gasteiger partial charge in [-0.15, -0.1) is 11.1 Å². The highest BCUT2D eigenvalue weighted by molar-refractivity contribution is 5.94. The number of anilines is 4. The zero-order chi connectivity index (χ0) is 28.6. The molecule has 2 atom stereocenters. The number of carbonyl (C=O) groups is 1. The minimum Gasteiger partial charge on any atom is -0.490 e. The molecule has 0 spiro atoms. The number of rotatable bonds is 9. The van der Waals surface area contributed by atoms with Crippen LogP contribution in [0.1, 0.15) is 39.5 Å². The van der Waals surface area contributed by atoms with Crippen molar-refractivity contribution in [2.75, 3.05) is 56.5 Å². The lowest BCUT2D eigenvalue weighted by molar-refractivity contribution is 0.0500. The molecule has 2 amide bonds. The van der Waals surface area contributed by atoms with Crippen LogP contribution in [0.25, 0.3) is 0 Å². The van der Waals surface area contributed by atoms with E-state index in [9.17, 15) is 9.18 Å². The topological polar surface area (TPSA) is 113 Å². The molecule has 0 saturated carbocycles. The number of hydrogen-bond acceptors (Lipinski definition) is 10. The number of urea groups is 1. The van der Waals surface area contributed by atoms with Crippen LogP contribution in [0.2, 0.25) is 0 Å². The molecule has 3 saturated heterocycles. The summed E-state index contributed by atoms with van der Waals surface area (Å²) in [7, 11) is 5.34. The lowest BCUT2D eigenvalue weighted by Crippen LogP contribution is -2.55. The van der Waals surface area contributed by atoms with E-state index in [1.54, 1.807) is 7.05 Å². The zero-order valence-corrected chi connectivity index (χ0v) is 23.6. The number of aromatic nitrogens is 2. The van der Waals surface area contributed by atoms with E-state index in [0.717, 1.165) is 32.0 Å². The largest absolute Gasteiger partial charge is 0.490 e. The Morgan fingerprint density at radius 3 is 2.75 bits per heavy atom. The summed E-state index contributed by atoms with van der Waals surface area (Å²) in [6.07, 6.45) is 5.13. The Kier molecular flexibility index (Phi) is 7.95. The molecule has 14 heteroatoms. The standard InChI is InChI=1S/C26H38F2N10O2/c1-26(2)14-16(11-17-7-6-8-37(17)26)30-23-19(28)15-29-24(32-23)31-20-13-21(38-25(39)36(5)33-34-38)22(12-18(20)27)40-10-9-35(3)4/h12-13,15-17,33-34H,6-11,14H2,1-5H3,(H2,29,30,31,32)/t16-,17+/m1/s1. The Balaban J connectivity index is 1.37. The predicted octanol–water partition coefficient (Wildman–Crippen LogP) is 3.05. The van der Waals surface area contributed by atoms with Gasteiger partial charge in [0.15, 0.2) is 17.5 Å². The van der Waals surface area contributed by atoms with Gasteiger partial charge in [-0.2, -0.15) is 4.98 Å². The number of piperidine rings is 1. The van der Waals surface area contributed by atoms with Crippen molar-refractivity contribution in [3.63, 3.8) is 0 Å².